The zero-order valence-corrected chi connectivity index (χ0v) is 14.3. The fourth-order valence-corrected chi connectivity index (χ4v) is 3.72. The average molecular weight is 341 g/mol. The van der Waals surface area contributed by atoms with Crippen LogP contribution >= 0.6 is 11.6 Å². The van der Waals surface area contributed by atoms with Gasteiger partial charge in [0.05, 0.1) is 11.9 Å². The van der Waals surface area contributed by atoms with Crippen molar-refractivity contribution in [3.63, 3.8) is 0 Å². The number of hydrogen-bond acceptors (Lipinski definition) is 3. The van der Waals surface area contributed by atoms with Crippen LogP contribution in [0.1, 0.15) is 18.4 Å². The number of hydrogen-bond donors (Lipinski definition) is 2. The summed E-state index contributed by atoms with van der Waals surface area (Å²) in [4.78, 5) is 9.92. The highest BCUT2D eigenvalue weighted by atomic mass is 35.5. The average Bonchev–Trinajstić information content (AvgIpc) is 3.06. The van der Waals surface area contributed by atoms with E-state index >= 15 is 0 Å². The molecule has 1 fully saturated rings. The number of aromatic nitrogens is 2. The van der Waals surface area contributed by atoms with E-state index in [4.69, 9.17) is 17.3 Å². The molecule has 3 aliphatic rings. The minimum absolute atomic E-state index is 0.144. The van der Waals surface area contributed by atoms with Crippen LogP contribution in [0.3, 0.4) is 0 Å². The molecular weight excluding hydrogens is 320 g/mol. The highest BCUT2D eigenvalue weighted by Gasteiger charge is 2.31. The lowest BCUT2D eigenvalue weighted by atomic mass is 9.82. The Kier molecular flexibility index (Phi) is 3.94. The first kappa shape index (κ1) is 15.5. The number of aromatic amines is 1. The molecule has 0 bridgehead atoms. The molecule has 3 heterocycles. The first-order valence-corrected chi connectivity index (χ1v) is 8.70. The van der Waals surface area contributed by atoms with Crippen molar-refractivity contribution in [3.8, 4) is 11.3 Å². The smallest absolute Gasteiger partial charge is 0.0675 e. The van der Waals surface area contributed by atoms with Crippen LogP contribution in [0.15, 0.2) is 48.9 Å². The minimum Gasteiger partial charge on any atom is -0.371 e. The van der Waals surface area contributed by atoms with Crippen LogP contribution in [0, 0.1) is 0 Å². The van der Waals surface area contributed by atoms with E-state index in [0.717, 1.165) is 43.1 Å². The molecule has 0 amide bonds. The van der Waals surface area contributed by atoms with Gasteiger partial charge in [0.25, 0.3) is 0 Å². The topological polar surface area (TPSA) is 57.9 Å². The van der Waals surface area contributed by atoms with E-state index in [0.29, 0.717) is 0 Å². The Bertz CT molecular complexity index is 787. The normalized spacial score (nSPS) is 17.3. The molecular formula is C19H21ClN4. The van der Waals surface area contributed by atoms with E-state index in [-0.39, 0.29) is 5.54 Å². The van der Waals surface area contributed by atoms with Crippen molar-refractivity contribution < 1.29 is 0 Å². The highest BCUT2D eigenvalue weighted by molar-refractivity contribution is 6.30. The Morgan fingerprint density at radius 2 is 1.88 bits per heavy atom. The second-order valence-electron chi connectivity index (χ2n) is 6.75. The minimum atomic E-state index is -0.144. The lowest BCUT2D eigenvalue weighted by Gasteiger charge is -2.41. The van der Waals surface area contributed by atoms with Gasteiger partial charge in [-0.05, 0) is 43.0 Å². The van der Waals surface area contributed by atoms with Gasteiger partial charge in [-0.25, -0.2) is 0 Å². The quantitative estimate of drug-likeness (QED) is 0.764. The third-order valence-electron chi connectivity index (χ3n) is 5.02. The number of rotatable bonds is 3. The van der Waals surface area contributed by atoms with Gasteiger partial charge in [0.2, 0.25) is 0 Å². The number of piperidine rings is 1. The number of nitrogens with zero attached hydrogens (tertiary/aromatic N) is 2. The maximum Gasteiger partial charge on any atom is 0.0675 e. The maximum atomic E-state index is 6.68. The lowest BCUT2D eigenvalue weighted by molar-refractivity contribution is 0.331. The Hall–Kier alpha value is -2.04. The molecule has 0 aliphatic carbocycles. The number of fused-ring (bicyclic) bond motifs is 1. The number of anilines is 1. The molecule has 24 heavy (non-hydrogen) atoms. The van der Waals surface area contributed by atoms with Crippen molar-refractivity contribution in [2.45, 2.75) is 24.8 Å². The number of H-pyrrole nitrogens is 1. The van der Waals surface area contributed by atoms with Crippen LogP contribution in [0.2, 0.25) is 5.02 Å². The molecule has 3 aliphatic heterocycles. The molecule has 0 radical (unpaired) electrons. The second kappa shape index (κ2) is 6.11. The predicted octanol–water partition coefficient (Wildman–Crippen LogP) is 3.71. The summed E-state index contributed by atoms with van der Waals surface area (Å²) in [7, 11) is 0. The van der Waals surface area contributed by atoms with Gasteiger partial charge >= 0.3 is 0 Å². The van der Waals surface area contributed by atoms with Crippen LogP contribution in [0.5, 0.6) is 0 Å². The molecule has 0 unspecified atom stereocenters. The van der Waals surface area contributed by atoms with Crippen molar-refractivity contribution in [3.05, 3.63) is 59.5 Å². The molecule has 3 N–H and O–H groups in total. The van der Waals surface area contributed by atoms with E-state index in [2.05, 4.69) is 33.1 Å². The molecule has 4 rings (SSSR count). The summed E-state index contributed by atoms with van der Waals surface area (Å²) in [5.41, 5.74) is 11.3. The molecule has 0 aromatic heterocycles. The number of benzene rings is 1. The third-order valence-corrected chi connectivity index (χ3v) is 5.27. The monoisotopic (exact) mass is 340 g/mol. The van der Waals surface area contributed by atoms with Gasteiger partial charge < -0.3 is 15.6 Å². The summed E-state index contributed by atoms with van der Waals surface area (Å²) < 4.78 is 0. The molecule has 0 spiro atoms. The Morgan fingerprint density at radius 3 is 2.62 bits per heavy atom. The largest absolute Gasteiger partial charge is 0.371 e. The van der Waals surface area contributed by atoms with Gasteiger partial charge in [0.15, 0.2) is 0 Å². The van der Waals surface area contributed by atoms with Crippen molar-refractivity contribution in [2.24, 2.45) is 5.73 Å². The van der Waals surface area contributed by atoms with Crippen molar-refractivity contribution in [1.82, 2.24) is 9.97 Å². The molecule has 1 aromatic carbocycles. The van der Waals surface area contributed by atoms with Crippen molar-refractivity contribution in [2.75, 3.05) is 18.0 Å². The molecule has 4 nitrogen and oxygen atoms in total. The van der Waals surface area contributed by atoms with Crippen LogP contribution in [-0.4, -0.2) is 28.6 Å². The zero-order valence-electron chi connectivity index (χ0n) is 13.5. The van der Waals surface area contributed by atoms with Crippen LogP contribution < -0.4 is 10.6 Å². The summed E-state index contributed by atoms with van der Waals surface area (Å²) in [5.74, 6) is 0. The SMILES string of the molecule is NC1(Cc2ccc(Cl)cc2)CCN(c2cc[nH]c3cncc2-3)CC1. The summed E-state index contributed by atoms with van der Waals surface area (Å²) in [5, 5.41) is 0.771. The molecule has 1 saturated heterocycles. The lowest BCUT2D eigenvalue weighted by Crippen LogP contribution is -2.52. The van der Waals surface area contributed by atoms with Gasteiger partial charge in [-0.1, -0.05) is 23.7 Å². The Labute approximate surface area is 147 Å². The maximum absolute atomic E-state index is 6.68. The number of nitrogens with one attached hydrogen (secondary N) is 1. The van der Waals surface area contributed by atoms with E-state index in [1.807, 2.05) is 30.7 Å². The number of pyridine rings is 1. The molecule has 1 aromatic rings. The van der Waals surface area contributed by atoms with Gasteiger partial charge in [0, 0.05) is 47.3 Å². The van der Waals surface area contributed by atoms with Crippen LogP contribution in [-0.2, 0) is 6.42 Å². The van der Waals surface area contributed by atoms with Gasteiger partial charge in [0.1, 0.15) is 0 Å². The van der Waals surface area contributed by atoms with Gasteiger partial charge in [-0.3, -0.25) is 4.98 Å². The summed E-state index contributed by atoms with van der Waals surface area (Å²) in [6, 6.07) is 10.2. The fourth-order valence-electron chi connectivity index (χ4n) is 3.60. The molecule has 124 valence electrons. The van der Waals surface area contributed by atoms with E-state index in [1.54, 1.807) is 0 Å². The highest BCUT2D eigenvalue weighted by Crippen LogP contribution is 2.34. The number of halogens is 1. The van der Waals surface area contributed by atoms with Crippen molar-refractivity contribution >= 4 is 17.3 Å². The van der Waals surface area contributed by atoms with Crippen LogP contribution in [0.25, 0.3) is 11.3 Å². The summed E-state index contributed by atoms with van der Waals surface area (Å²) in [6.45, 7) is 1.93. The standard InChI is InChI=1S/C19H21ClN4/c20-15-3-1-14(2-4-15)11-19(21)6-9-24(10-7-19)18-5-8-23-17-13-22-12-16(17)18/h1-5,8,12-13,23H,6-7,9-11,21H2. The first-order valence-electron chi connectivity index (χ1n) is 8.32. The van der Waals surface area contributed by atoms with Gasteiger partial charge in [-0.2, -0.15) is 0 Å². The molecule has 0 atom stereocenters. The zero-order chi connectivity index (χ0) is 16.6. The Balaban J connectivity index is 1.46. The van der Waals surface area contributed by atoms with E-state index in [1.165, 1.54) is 16.8 Å². The Morgan fingerprint density at radius 1 is 1.12 bits per heavy atom. The van der Waals surface area contributed by atoms with Gasteiger partial charge in [-0.15, -0.1) is 0 Å². The predicted molar refractivity (Wildman–Crippen MR) is 98.7 cm³/mol. The van der Waals surface area contributed by atoms with Crippen LogP contribution in [0.4, 0.5) is 5.69 Å². The fraction of sp³-hybridized carbons (Fsp3) is 0.316. The number of nitrogens with two attached hydrogens (primary N) is 1. The van der Waals surface area contributed by atoms with E-state index in [9.17, 15) is 0 Å². The second-order valence-corrected chi connectivity index (χ2v) is 7.19. The summed E-state index contributed by atoms with van der Waals surface area (Å²) >= 11 is 5.97. The summed E-state index contributed by atoms with van der Waals surface area (Å²) in [6.07, 6.45) is 8.63. The van der Waals surface area contributed by atoms with E-state index < -0.39 is 0 Å². The van der Waals surface area contributed by atoms with Crippen molar-refractivity contribution in [1.29, 1.82) is 0 Å². The molecule has 5 heteroatoms. The first-order chi connectivity index (χ1) is 11.6. The molecule has 0 saturated carbocycles. The third kappa shape index (κ3) is 2.99.